The van der Waals surface area contributed by atoms with Gasteiger partial charge in [0, 0.05) is 12.2 Å². The number of carbonyl (C=O) groups excluding carboxylic acids is 1. The smallest absolute Gasteiger partial charge is 0.224 e. The number of aromatic nitrogens is 2. The molecule has 0 saturated carbocycles. The Morgan fingerprint density at radius 2 is 2.15 bits per heavy atom. The Labute approximate surface area is 117 Å². The zero-order valence-electron chi connectivity index (χ0n) is 11.7. The van der Waals surface area contributed by atoms with Crippen molar-refractivity contribution in [1.29, 1.82) is 0 Å². The molecule has 0 radical (unpaired) electrons. The van der Waals surface area contributed by atoms with Crippen LogP contribution in [0.4, 0.5) is 4.39 Å². The van der Waals surface area contributed by atoms with Crippen LogP contribution in [0.15, 0.2) is 30.3 Å². The van der Waals surface area contributed by atoms with Crippen molar-refractivity contribution in [2.75, 3.05) is 6.54 Å². The van der Waals surface area contributed by atoms with Crippen LogP contribution in [0, 0.1) is 19.7 Å². The lowest BCUT2D eigenvalue weighted by atomic mass is 10.1. The average Bonchev–Trinajstić information content (AvgIpc) is 2.68. The van der Waals surface area contributed by atoms with Gasteiger partial charge in [0.2, 0.25) is 5.91 Å². The number of benzene rings is 1. The number of halogens is 1. The van der Waals surface area contributed by atoms with Gasteiger partial charge in [0.05, 0.1) is 18.7 Å². The summed E-state index contributed by atoms with van der Waals surface area (Å²) in [4.78, 5) is 11.7. The molecule has 1 aromatic carbocycles. The predicted octanol–water partition coefficient (Wildman–Crippen LogP) is 2.00. The molecule has 0 atom stereocenters. The third kappa shape index (κ3) is 3.91. The molecule has 0 aliphatic heterocycles. The molecule has 2 aromatic rings. The molecule has 0 aliphatic rings. The molecule has 0 spiro atoms. The monoisotopic (exact) mass is 275 g/mol. The fourth-order valence-electron chi connectivity index (χ4n) is 2.10. The fourth-order valence-corrected chi connectivity index (χ4v) is 2.10. The van der Waals surface area contributed by atoms with E-state index in [1.165, 1.54) is 12.1 Å². The Morgan fingerprint density at radius 1 is 1.35 bits per heavy atom. The molecule has 1 aromatic heterocycles. The second kappa shape index (κ2) is 6.32. The van der Waals surface area contributed by atoms with E-state index in [1.807, 2.05) is 24.6 Å². The van der Waals surface area contributed by atoms with Gasteiger partial charge in [0.25, 0.3) is 0 Å². The van der Waals surface area contributed by atoms with Crippen molar-refractivity contribution in [1.82, 2.24) is 15.1 Å². The highest BCUT2D eigenvalue weighted by Gasteiger charge is 2.05. The quantitative estimate of drug-likeness (QED) is 0.907. The zero-order valence-corrected chi connectivity index (χ0v) is 11.7. The molecule has 1 heterocycles. The maximum atomic E-state index is 13.0. The predicted molar refractivity (Wildman–Crippen MR) is 74.8 cm³/mol. The van der Waals surface area contributed by atoms with Crippen molar-refractivity contribution < 1.29 is 9.18 Å². The van der Waals surface area contributed by atoms with Crippen LogP contribution >= 0.6 is 0 Å². The van der Waals surface area contributed by atoms with Crippen LogP contribution in [-0.2, 0) is 17.8 Å². The van der Waals surface area contributed by atoms with Gasteiger partial charge in [-0.25, -0.2) is 4.39 Å². The van der Waals surface area contributed by atoms with Crippen molar-refractivity contribution >= 4 is 5.91 Å². The number of hydrogen-bond acceptors (Lipinski definition) is 2. The molecule has 4 nitrogen and oxygen atoms in total. The first kappa shape index (κ1) is 14.2. The summed E-state index contributed by atoms with van der Waals surface area (Å²) in [6.07, 6.45) is 0.189. The number of nitrogens with one attached hydrogen (secondary N) is 1. The summed E-state index contributed by atoms with van der Waals surface area (Å²) in [5, 5.41) is 7.13. The Morgan fingerprint density at radius 3 is 2.80 bits per heavy atom. The highest BCUT2D eigenvalue weighted by atomic mass is 19.1. The summed E-state index contributed by atoms with van der Waals surface area (Å²) >= 11 is 0. The highest BCUT2D eigenvalue weighted by Crippen LogP contribution is 2.04. The van der Waals surface area contributed by atoms with Crippen molar-refractivity contribution in [2.45, 2.75) is 26.8 Å². The van der Waals surface area contributed by atoms with Gasteiger partial charge >= 0.3 is 0 Å². The Hall–Kier alpha value is -2.17. The number of amides is 1. The van der Waals surface area contributed by atoms with Crippen LogP contribution in [0.2, 0.25) is 0 Å². The van der Waals surface area contributed by atoms with E-state index < -0.39 is 0 Å². The molecule has 1 N–H and O–H groups in total. The van der Waals surface area contributed by atoms with Crippen molar-refractivity contribution in [3.8, 4) is 0 Å². The van der Waals surface area contributed by atoms with Gasteiger partial charge < -0.3 is 5.32 Å². The summed E-state index contributed by atoms with van der Waals surface area (Å²) in [6, 6.07) is 8.08. The van der Waals surface area contributed by atoms with Gasteiger partial charge in [-0.2, -0.15) is 5.10 Å². The van der Waals surface area contributed by atoms with E-state index >= 15 is 0 Å². The van der Waals surface area contributed by atoms with Crippen LogP contribution in [0.25, 0.3) is 0 Å². The molecular formula is C15H18FN3O. The second-order valence-corrected chi connectivity index (χ2v) is 4.81. The zero-order chi connectivity index (χ0) is 14.5. The SMILES string of the molecule is Cc1cc(C)n(CCNC(=O)Cc2cccc(F)c2)n1. The second-order valence-electron chi connectivity index (χ2n) is 4.81. The lowest BCUT2D eigenvalue weighted by Crippen LogP contribution is -2.29. The van der Waals surface area contributed by atoms with E-state index in [0.29, 0.717) is 18.7 Å². The number of rotatable bonds is 5. The minimum Gasteiger partial charge on any atom is -0.354 e. The standard InChI is InChI=1S/C15H18FN3O/c1-11-8-12(2)19(18-11)7-6-17-15(20)10-13-4-3-5-14(16)9-13/h3-5,8-9H,6-7,10H2,1-2H3,(H,17,20). The first-order valence-electron chi connectivity index (χ1n) is 6.57. The van der Waals surface area contributed by atoms with Gasteiger partial charge in [0.15, 0.2) is 0 Å². The van der Waals surface area contributed by atoms with E-state index in [9.17, 15) is 9.18 Å². The summed E-state index contributed by atoms with van der Waals surface area (Å²) < 4.78 is 14.9. The maximum absolute atomic E-state index is 13.0. The third-order valence-corrected chi connectivity index (χ3v) is 3.00. The van der Waals surface area contributed by atoms with Gasteiger partial charge in [-0.3, -0.25) is 9.48 Å². The first-order chi connectivity index (χ1) is 9.54. The van der Waals surface area contributed by atoms with Crippen LogP contribution in [-0.4, -0.2) is 22.2 Å². The van der Waals surface area contributed by atoms with Crippen LogP contribution in [0.3, 0.4) is 0 Å². The van der Waals surface area contributed by atoms with Gasteiger partial charge in [0.1, 0.15) is 5.82 Å². The van der Waals surface area contributed by atoms with Gasteiger partial charge in [-0.05, 0) is 37.6 Å². The molecule has 106 valence electrons. The van der Waals surface area contributed by atoms with E-state index in [4.69, 9.17) is 0 Å². The number of hydrogen-bond donors (Lipinski definition) is 1. The van der Waals surface area contributed by atoms with Crippen molar-refractivity contribution in [2.24, 2.45) is 0 Å². The van der Waals surface area contributed by atoms with Crippen molar-refractivity contribution in [3.05, 3.63) is 53.1 Å². The summed E-state index contributed by atoms with van der Waals surface area (Å²) in [5.41, 5.74) is 2.71. The highest BCUT2D eigenvalue weighted by molar-refractivity contribution is 5.78. The fraction of sp³-hybridized carbons (Fsp3) is 0.333. The van der Waals surface area contributed by atoms with Crippen LogP contribution in [0.1, 0.15) is 17.0 Å². The molecule has 5 heteroatoms. The largest absolute Gasteiger partial charge is 0.354 e. The van der Waals surface area contributed by atoms with Crippen LogP contribution in [0.5, 0.6) is 0 Å². The number of nitrogens with zero attached hydrogens (tertiary/aromatic N) is 2. The Kier molecular flexibility index (Phi) is 4.50. The molecule has 0 fully saturated rings. The molecule has 20 heavy (non-hydrogen) atoms. The molecule has 0 saturated heterocycles. The summed E-state index contributed by atoms with van der Waals surface area (Å²) in [5.74, 6) is -0.435. The molecule has 2 rings (SSSR count). The summed E-state index contributed by atoms with van der Waals surface area (Å²) in [6.45, 7) is 5.06. The lowest BCUT2D eigenvalue weighted by Gasteiger charge is -2.07. The molecule has 1 amide bonds. The summed E-state index contributed by atoms with van der Waals surface area (Å²) in [7, 11) is 0. The third-order valence-electron chi connectivity index (χ3n) is 3.00. The molecule has 0 bridgehead atoms. The van der Waals surface area contributed by atoms with Crippen molar-refractivity contribution in [3.63, 3.8) is 0 Å². The van der Waals surface area contributed by atoms with E-state index in [-0.39, 0.29) is 18.1 Å². The lowest BCUT2D eigenvalue weighted by molar-refractivity contribution is -0.120. The number of aryl methyl sites for hydroxylation is 2. The average molecular weight is 275 g/mol. The Bertz CT molecular complexity index is 607. The minimum atomic E-state index is -0.321. The van der Waals surface area contributed by atoms with Gasteiger partial charge in [-0.1, -0.05) is 12.1 Å². The van der Waals surface area contributed by atoms with Crippen LogP contribution < -0.4 is 5.32 Å². The Balaban J connectivity index is 1.79. The maximum Gasteiger partial charge on any atom is 0.224 e. The first-order valence-corrected chi connectivity index (χ1v) is 6.57. The molecule has 0 aliphatic carbocycles. The molecule has 0 unspecified atom stereocenters. The normalized spacial score (nSPS) is 10.6. The molecular weight excluding hydrogens is 257 g/mol. The van der Waals surface area contributed by atoms with E-state index in [0.717, 1.165) is 11.4 Å². The van der Waals surface area contributed by atoms with E-state index in [1.54, 1.807) is 12.1 Å². The number of carbonyl (C=O) groups is 1. The van der Waals surface area contributed by atoms with E-state index in [2.05, 4.69) is 10.4 Å². The van der Waals surface area contributed by atoms with Gasteiger partial charge in [-0.15, -0.1) is 0 Å². The minimum absolute atomic E-state index is 0.114. The topological polar surface area (TPSA) is 46.9 Å².